The van der Waals surface area contributed by atoms with Gasteiger partial charge in [0.2, 0.25) is 0 Å². The smallest absolute Gasteiger partial charge is 0.195 e. The van der Waals surface area contributed by atoms with Crippen LogP contribution in [0.1, 0.15) is 11.3 Å². The number of rotatable bonds is 2. The van der Waals surface area contributed by atoms with E-state index in [0.29, 0.717) is 0 Å². The fourth-order valence-corrected chi connectivity index (χ4v) is 4.28. The lowest BCUT2D eigenvalue weighted by molar-refractivity contribution is 0.926. The van der Waals surface area contributed by atoms with Gasteiger partial charge < -0.3 is 0 Å². The van der Waals surface area contributed by atoms with E-state index in [1.54, 1.807) is 33.5 Å². The van der Waals surface area contributed by atoms with Crippen LogP contribution in [-0.4, -0.2) is 29.1 Å². The molecule has 5 aromatic heterocycles. The molecule has 0 unspecified atom stereocenters. The molecule has 8 heteroatoms. The van der Waals surface area contributed by atoms with Crippen molar-refractivity contribution in [2.24, 2.45) is 0 Å². The molecule has 24 heavy (non-hydrogen) atoms. The average Bonchev–Trinajstić information content (AvgIpc) is 3.33. The maximum absolute atomic E-state index is 4.77. The number of thiazole rings is 1. The zero-order chi connectivity index (χ0) is 16.3. The Balaban J connectivity index is 1.87. The van der Waals surface area contributed by atoms with E-state index >= 15 is 0 Å². The van der Waals surface area contributed by atoms with Crippen molar-refractivity contribution in [1.82, 2.24) is 29.1 Å². The van der Waals surface area contributed by atoms with Crippen LogP contribution >= 0.6 is 22.7 Å². The summed E-state index contributed by atoms with van der Waals surface area (Å²) < 4.78 is 3.85. The Morgan fingerprint density at radius 2 is 1.96 bits per heavy atom. The van der Waals surface area contributed by atoms with Crippen molar-refractivity contribution in [2.75, 3.05) is 0 Å². The van der Waals surface area contributed by atoms with E-state index in [2.05, 4.69) is 33.5 Å². The minimum Gasteiger partial charge on any atom is -0.273 e. The maximum atomic E-state index is 4.77. The molecule has 0 amide bonds. The zero-order valence-electron chi connectivity index (χ0n) is 13.0. The van der Waals surface area contributed by atoms with E-state index in [1.807, 2.05) is 29.1 Å². The van der Waals surface area contributed by atoms with Crippen molar-refractivity contribution in [2.45, 2.75) is 13.8 Å². The third-order valence-electron chi connectivity index (χ3n) is 4.18. The van der Waals surface area contributed by atoms with E-state index in [0.717, 1.165) is 43.8 Å². The minimum atomic E-state index is 0.735. The van der Waals surface area contributed by atoms with Crippen molar-refractivity contribution in [3.63, 3.8) is 0 Å². The first-order chi connectivity index (χ1) is 11.7. The van der Waals surface area contributed by atoms with E-state index in [9.17, 15) is 0 Å². The Kier molecular flexibility index (Phi) is 2.85. The highest BCUT2D eigenvalue weighted by Crippen LogP contribution is 2.31. The summed E-state index contributed by atoms with van der Waals surface area (Å²) >= 11 is 3.23. The van der Waals surface area contributed by atoms with Gasteiger partial charge in [0.1, 0.15) is 6.33 Å². The molecular weight excluding hydrogens is 340 g/mol. The largest absolute Gasteiger partial charge is 0.273 e. The lowest BCUT2D eigenvalue weighted by Gasteiger charge is -2.02. The molecule has 118 valence electrons. The summed E-state index contributed by atoms with van der Waals surface area (Å²) in [6, 6.07) is 4.04. The Bertz CT molecular complexity index is 1170. The molecule has 5 aromatic rings. The zero-order valence-corrected chi connectivity index (χ0v) is 14.6. The van der Waals surface area contributed by atoms with Gasteiger partial charge in [-0.3, -0.25) is 4.57 Å². The van der Waals surface area contributed by atoms with Crippen molar-refractivity contribution >= 4 is 39.4 Å². The van der Waals surface area contributed by atoms with Crippen LogP contribution in [-0.2, 0) is 0 Å². The van der Waals surface area contributed by atoms with Crippen LogP contribution in [0.25, 0.3) is 32.5 Å². The van der Waals surface area contributed by atoms with Crippen LogP contribution in [0, 0.1) is 13.8 Å². The molecule has 0 bridgehead atoms. The predicted octanol–water partition coefficient (Wildman–Crippen LogP) is 3.87. The highest BCUT2D eigenvalue weighted by atomic mass is 32.1. The molecule has 5 heterocycles. The molecular formula is C16H12N6S2. The Hall–Kier alpha value is -2.58. The molecule has 0 radical (unpaired) electrons. The first-order valence-corrected chi connectivity index (χ1v) is 9.16. The summed E-state index contributed by atoms with van der Waals surface area (Å²) in [4.78, 5) is 14.9. The number of aromatic nitrogens is 6. The number of nitrogens with zero attached hydrogens (tertiary/aromatic N) is 6. The monoisotopic (exact) mass is 352 g/mol. The van der Waals surface area contributed by atoms with Gasteiger partial charge in [0.15, 0.2) is 22.3 Å². The summed E-state index contributed by atoms with van der Waals surface area (Å²) in [5.41, 5.74) is 3.99. The normalized spacial score (nSPS) is 11.8. The molecule has 0 N–H and O–H groups in total. The van der Waals surface area contributed by atoms with Gasteiger partial charge in [0.25, 0.3) is 0 Å². The van der Waals surface area contributed by atoms with Gasteiger partial charge in [-0.15, -0.1) is 27.8 Å². The molecule has 0 aromatic carbocycles. The molecule has 0 aliphatic rings. The lowest BCUT2D eigenvalue weighted by atomic mass is 10.2. The lowest BCUT2D eigenvalue weighted by Crippen LogP contribution is -1.98. The Labute approximate surface area is 145 Å². The second-order valence-corrected chi connectivity index (χ2v) is 7.31. The Morgan fingerprint density at radius 1 is 1.04 bits per heavy atom. The van der Waals surface area contributed by atoms with Gasteiger partial charge in [0, 0.05) is 17.3 Å². The fourth-order valence-electron chi connectivity index (χ4n) is 2.93. The fraction of sp³-hybridized carbons (Fsp3) is 0.125. The van der Waals surface area contributed by atoms with Gasteiger partial charge in [0.05, 0.1) is 10.3 Å². The third kappa shape index (κ3) is 1.80. The predicted molar refractivity (Wildman–Crippen MR) is 96.1 cm³/mol. The number of hydrogen-bond donors (Lipinski definition) is 0. The number of thiophene rings is 1. The van der Waals surface area contributed by atoms with Gasteiger partial charge in [-0.25, -0.2) is 19.5 Å². The van der Waals surface area contributed by atoms with Crippen molar-refractivity contribution in [1.29, 1.82) is 0 Å². The molecule has 0 saturated carbocycles. The van der Waals surface area contributed by atoms with Gasteiger partial charge in [-0.05, 0) is 30.9 Å². The van der Waals surface area contributed by atoms with Gasteiger partial charge in [-0.2, -0.15) is 0 Å². The van der Waals surface area contributed by atoms with Gasteiger partial charge >= 0.3 is 0 Å². The van der Waals surface area contributed by atoms with Gasteiger partial charge in [-0.1, -0.05) is 6.07 Å². The summed E-state index contributed by atoms with van der Waals surface area (Å²) in [5.74, 6) is 0.735. The molecule has 5 rings (SSSR count). The molecule has 0 fully saturated rings. The number of fused-ring (bicyclic) bond motifs is 3. The molecule has 0 atom stereocenters. The number of hydrogen-bond acceptors (Lipinski definition) is 6. The second-order valence-electron chi connectivity index (χ2n) is 5.48. The highest BCUT2D eigenvalue weighted by molar-refractivity contribution is 7.13. The van der Waals surface area contributed by atoms with Crippen molar-refractivity contribution in [3.8, 4) is 15.8 Å². The average molecular weight is 352 g/mol. The Morgan fingerprint density at radius 3 is 2.71 bits per heavy atom. The van der Waals surface area contributed by atoms with Crippen LogP contribution in [0.2, 0.25) is 0 Å². The first kappa shape index (κ1) is 13.8. The molecule has 0 aliphatic heterocycles. The third-order valence-corrected chi connectivity index (χ3v) is 5.81. The second kappa shape index (κ2) is 4.96. The van der Waals surface area contributed by atoms with E-state index < -0.39 is 0 Å². The molecule has 0 aliphatic carbocycles. The SMILES string of the molecule is Cc1c(C)n(-c2nccs2)c2ncn3nc(-c4cccs4)nc3c12. The quantitative estimate of drug-likeness (QED) is 0.484. The summed E-state index contributed by atoms with van der Waals surface area (Å²) in [6.07, 6.45) is 3.54. The highest BCUT2D eigenvalue weighted by Gasteiger charge is 2.20. The van der Waals surface area contributed by atoms with Crippen LogP contribution in [0.3, 0.4) is 0 Å². The summed E-state index contributed by atoms with van der Waals surface area (Å²) in [6.45, 7) is 4.19. The van der Waals surface area contributed by atoms with Crippen LogP contribution in [0.5, 0.6) is 0 Å². The van der Waals surface area contributed by atoms with Crippen LogP contribution in [0.15, 0.2) is 35.4 Å². The van der Waals surface area contributed by atoms with Crippen molar-refractivity contribution < 1.29 is 0 Å². The topological polar surface area (TPSA) is 60.9 Å². The van der Waals surface area contributed by atoms with Crippen LogP contribution < -0.4 is 0 Å². The van der Waals surface area contributed by atoms with Crippen LogP contribution in [0.4, 0.5) is 0 Å². The maximum Gasteiger partial charge on any atom is 0.195 e. The number of aryl methyl sites for hydroxylation is 1. The van der Waals surface area contributed by atoms with E-state index in [4.69, 9.17) is 4.98 Å². The van der Waals surface area contributed by atoms with Crippen molar-refractivity contribution in [3.05, 3.63) is 46.7 Å². The molecule has 6 nitrogen and oxygen atoms in total. The first-order valence-electron chi connectivity index (χ1n) is 7.41. The standard InChI is InChI=1S/C16H12N6S2/c1-9-10(2)22(16-17-5-7-24-16)14-12(9)15-19-13(11-4-3-6-23-11)20-21(15)8-18-14/h3-8H,1-2H3. The molecule has 0 saturated heterocycles. The van der Waals surface area contributed by atoms with E-state index in [-0.39, 0.29) is 0 Å². The summed E-state index contributed by atoms with van der Waals surface area (Å²) in [5, 5.41) is 10.5. The molecule has 0 spiro atoms. The van der Waals surface area contributed by atoms with E-state index in [1.165, 1.54) is 0 Å². The minimum absolute atomic E-state index is 0.735. The summed E-state index contributed by atoms with van der Waals surface area (Å²) in [7, 11) is 0.